The zero-order chi connectivity index (χ0) is 37.4. The van der Waals surface area contributed by atoms with Gasteiger partial charge in [-0.15, -0.1) is 0 Å². The number of fused-ring (bicyclic) bond motifs is 4. The van der Waals surface area contributed by atoms with Crippen LogP contribution in [0.1, 0.15) is 80.8 Å². The van der Waals surface area contributed by atoms with E-state index in [1.807, 2.05) is 32.1 Å². The summed E-state index contributed by atoms with van der Waals surface area (Å²) in [5.74, 6) is -0.193. The van der Waals surface area contributed by atoms with E-state index in [4.69, 9.17) is 25.8 Å². The monoisotopic (exact) mass is 755 g/mol. The van der Waals surface area contributed by atoms with Crippen LogP contribution in [0.2, 0.25) is 5.02 Å². The lowest BCUT2D eigenvalue weighted by atomic mass is 9.62. The van der Waals surface area contributed by atoms with E-state index in [1.165, 1.54) is 11.1 Å². The lowest BCUT2D eigenvalue weighted by Crippen LogP contribution is -2.54. The van der Waals surface area contributed by atoms with Crippen molar-refractivity contribution in [3.8, 4) is 5.75 Å². The van der Waals surface area contributed by atoms with E-state index in [1.54, 1.807) is 51.3 Å². The lowest BCUT2D eigenvalue weighted by Gasteiger charge is -2.50. The molecule has 284 valence electrons. The number of allylic oxidation sites excluding steroid dienone is 1. The van der Waals surface area contributed by atoms with Gasteiger partial charge in [0.2, 0.25) is 15.9 Å². The first-order valence-electron chi connectivity index (χ1n) is 18.6. The minimum atomic E-state index is -4.02. The highest BCUT2D eigenvalue weighted by Crippen LogP contribution is 2.50. The van der Waals surface area contributed by atoms with Crippen molar-refractivity contribution in [1.82, 2.24) is 9.62 Å². The number of hydrogen-bond acceptors (Lipinski definition) is 8. The molecule has 1 fully saturated rings. The maximum Gasteiger partial charge on any atom is 0.264 e. The summed E-state index contributed by atoms with van der Waals surface area (Å²) in [4.78, 5) is 31.6. The number of amides is 2. The summed E-state index contributed by atoms with van der Waals surface area (Å²) >= 11 is 6.47. The predicted molar refractivity (Wildman–Crippen MR) is 204 cm³/mol. The Morgan fingerprint density at radius 1 is 1.17 bits per heavy atom. The smallest absolute Gasteiger partial charge is 0.264 e. The Morgan fingerprint density at radius 2 is 1.96 bits per heavy atom. The van der Waals surface area contributed by atoms with Gasteiger partial charge in [-0.2, -0.15) is 0 Å². The normalized spacial score (nSPS) is 31.1. The zero-order valence-electron chi connectivity index (χ0n) is 31.3. The maximum absolute atomic E-state index is 13.9. The fraction of sp³-hybridized carbons (Fsp3) is 0.600. The summed E-state index contributed by atoms with van der Waals surface area (Å²) in [5, 5.41) is -0.142. The van der Waals surface area contributed by atoms with Crippen molar-refractivity contribution in [3.05, 3.63) is 70.3 Å². The largest absolute Gasteiger partial charge is 0.490 e. The molecule has 2 aromatic rings. The zero-order valence-corrected chi connectivity index (χ0v) is 32.9. The van der Waals surface area contributed by atoms with Gasteiger partial charge in [0, 0.05) is 50.4 Å². The van der Waals surface area contributed by atoms with Gasteiger partial charge in [0.1, 0.15) is 5.75 Å². The molecule has 6 rings (SSSR count). The molecular formula is C40H54ClN3O7S. The van der Waals surface area contributed by atoms with Gasteiger partial charge in [0.15, 0.2) is 0 Å². The van der Waals surface area contributed by atoms with Gasteiger partial charge in [-0.05, 0) is 112 Å². The Hall–Kier alpha value is -3.12. The Kier molecular flexibility index (Phi) is 11.4. The highest BCUT2D eigenvalue weighted by atomic mass is 35.5. The predicted octanol–water partition coefficient (Wildman–Crippen LogP) is 6.15. The summed E-state index contributed by atoms with van der Waals surface area (Å²) in [6, 6.07) is 11.2. The number of carbonyl (C=O) groups excluding carboxylic acids is 2. The number of likely N-dealkylation sites (N-methyl/N-ethyl adjacent to an activating group) is 1. The first kappa shape index (κ1) is 38.6. The van der Waals surface area contributed by atoms with Gasteiger partial charge in [-0.1, -0.05) is 36.7 Å². The van der Waals surface area contributed by atoms with Gasteiger partial charge >= 0.3 is 0 Å². The number of nitrogens with one attached hydrogen (secondary N) is 1. The third-order valence-electron chi connectivity index (χ3n) is 12.5. The minimum Gasteiger partial charge on any atom is -0.490 e. The molecule has 2 aliphatic heterocycles. The molecule has 1 spiro atoms. The Bertz CT molecular complexity index is 1800. The fourth-order valence-electron chi connectivity index (χ4n) is 8.80. The number of benzene rings is 2. The van der Waals surface area contributed by atoms with Crippen molar-refractivity contribution in [2.75, 3.05) is 52.5 Å². The topological polar surface area (TPSA) is 114 Å². The van der Waals surface area contributed by atoms with Crippen molar-refractivity contribution >= 4 is 39.1 Å². The fourth-order valence-corrected chi connectivity index (χ4v) is 10.3. The number of nitrogens with zero attached hydrogens (tertiary/aromatic N) is 2. The maximum atomic E-state index is 13.9. The second kappa shape index (κ2) is 15.3. The Labute approximate surface area is 314 Å². The summed E-state index contributed by atoms with van der Waals surface area (Å²) in [6.07, 6.45) is 9.23. The first-order valence-corrected chi connectivity index (χ1v) is 20.5. The van der Waals surface area contributed by atoms with Gasteiger partial charge in [0.05, 0.1) is 42.2 Å². The van der Waals surface area contributed by atoms with Gasteiger partial charge in [-0.3, -0.25) is 9.59 Å². The van der Waals surface area contributed by atoms with E-state index in [2.05, 4.69) is 21.8 Å². The highest BCUT2D eigenvalue weighted by Gasteiger charge is 2.50. The van der Waals surface area contributed by atoms with Crippen LogP contribution in [0, 0.1) is 17.8 Å². The number of methoxy groups -OCH3 is 2. The number of hydrogen-bond donors (Lipinski definition) is 1. The molecular weight excluding hydrogens is 702 g/mol. The van der Waals surface area contributed by atoms with Crippen LogP contribution in [0.25, 0.3) is 0 Å². The van der Waals surface area contributed by atoms with E-state index in [0.717, 1.165) is 37.8 Å². The average molecular weight is 756 g/mol. The SMILES string of the molecule is COC[C@H](C)N(C)C(=O)C[C@]1(OC)/C=C/C[C@H](C)[C@@H](C)S(=O)(=O)NC(=O)c2ccc3c(c2)N(C[C@@H]2CC[C@H]21)C[C@@]1(CCCc2cc(Cl)ccc21)CO3. The molecule has 52 heavy (non-hydrogen) atoms. The molecule has 2 aliphatic carbocycles. The van der Waals surface area contributed by atoms with Crippen LogP contribution in [0.15, 0.2) is 48.6 Å². The van der Waals surface area contributed by atoms with E-state index in [0.29, 0.717) is 43.5 Å². The summed E-state index contributed by atoms with van der Waals surface area (Å²) in [5.41, 5.74) is 2.23. The van der Waals surface area contributed by atoms with Crippen LogP contribution >= 0.6 is 11.6 Å². The summed E-state index contributed by atoms with van der Waals surface area (Å²) in [6.45, 7) is 7.61. The van der Waals surface area contributed by atoms with E-state index >= 15 is 0 Å². The van der Waals surface area contributed by atoms with Crippen LogP contribution in [0.5, 0.6) is 5.75 Å². The van der Waals surface area contributed by atoms with Crippen LogP contribution in [0.4, 0.5) is 5.69 Å². The van der Waals surface area contributed by atoms with Crippen molar-refractivity contribution < 1.29 is 32.2 Å². The molecule has 0 aromatic heterocycles. The quantitative estimate of drug-likeness (QED) is 0.350. The molecule has 2 bridgehead atoms. The standard InChI is InChI=1S/C40H54ClN3O7S/c1-26-9-7-18-40(50-6,21-37(45)43(4)27(2)23-49-5)34-14-11-31(34)22-44-24-39(17-8-10-29-19-32(41)13-15-33(29)39)25-51-36-16-12-30(20-35(36)44)38(46)42-52(47,48)28(26)3/h7,12-13,15-16,18-20,26-28,31,34H,8-11,14,17,21-25H2,1-6H3,(H,42,46)/b18-7+/t26-,27-,28+,31-,34+,39-,40+/m0/s1. The van der Waals surface area contributed by atoms with Crippen molar-refractivity contribution in [3.63, 3.8) is 0 Å². The lowest BCUT2D eigenvalue weighted by molar-refractivity contribution is -0.144. The third-order valence-corrected chi connectivity index (χ3v) is 14.7. The second-order valence-electron chi connectivity index (χ2n) is 15.7. The van der Waals surface area contributed by atoms with E-state index in [-0.39, 0.29) is 47.1 Å². The Balaban J connectivity index is 1.44. The molecule has 1 N–H and O–H groups in total. The molecule has 0 saturated heterocycles. The number of ether oxygens (including phenoxy) is 3. The number of carbonyl (C=O) groups is 2. The molecule has 0 radical (unpaired) electrons. The number of anilines is 1. The molecule has 7 atom stereocenters. The van der Waals surface area contributed by atoms with Crippen molar-refractivity contribution in [2.24, 2.45) is 17.8 Å². The molecule has 4 aliphatic rings. The molecule has 2 aromatic carbocycles. The summed E-state index contributed by atoms with van der Waals surface area (Å²) < 4.78 is 47.9. The molecule has 10 nitrogen and oxygen atoms in total. The minimum absolute atomic E-state index is 0.0145. The Morgan fingerprint density at radius 3 is 2.67 bits per heavy atom. The number of rotatable bonds is 6. The summed E-state index contributed by atoms with van der Waals surface area (Å²) in [7, 11) is 1.09. The van der Waals surface area contributed by atoms with Crippen LogP contribution in [0.3, 0.4) is 0 Å². The average Bonchev–Trinajstić information content (AvgIpc) is 3.25. The first-order chi connectivity index (χ1) is 24.7. The van der Waals surface area contributed by atoms with Gasteiger partial charge in [0.25, 0.3) is 5.91 Å². The number of aryl methyl sites for hydroxylation is 1. The van der Waals surface area contributed by atoms with Gasteiger partial charge < -0.3 is 24.0 Å². The molecule has 0 unspecified atom stereocenters. The van der Waals surface area contributed by atoms with Gasteiger partial charge in [-0.25, -0.2) is 13.1 Å². The number of sulfonamides is 1. The number of halogens is 1. The van der Waals surface area contributed by atoms with Crippen LogP contribution in [-0.4, -0.2) is 89.6 Å². The van der Waals surface area contributed by atoms with Crippen molar-refractivity contribution in [2.45, 2.75) is 88.0 Å². The molecule has 12 heteroatoms. The van der Waals surface area contributed by atoms with Crippen LogP contribution in [-0.2, 0) is 36.1 Å². The van der Waals surface area contributed by atoms with Crippen LogP contribution < -0.4 is 14.4 Å². The second-order valence-corrected chi connectivity index (χ2v) is 18.1. The van der Waals surface area contributed by atoms with Crippen molar-refractivity contribution in [1.29, 1.82) is 0 Å². The molecule has 1 saturated carbocycles. The molecule has 2 heterocycles. The van der Waals surface area contributed by atoms with E-state index in [9.17, 15) is 18.0 Å². The molecule has 2 amide bonds. The highest BCUT2D eigenvalue weighted by molar-refractivity contribution is 7.90. The third kappa shape index (κ3) is 7.48. The van der Waals surface area contributed by atoms with E-state index < -0.39 is 26.8 Å².